The first-order valence-corrected chi connectivity index (χ1v) is 6.97. The first kappa shape index (κ1) is 13.3. The highest BCUT2D eigenvalue weighted by Crippen LogP contribution is 2.29. The van der Waals surface area contributed by atoms with Gasteiger partial charge in [0.25, 0.3) is 0 Å². The van der Waals surface area contributed by atoms with Gasteiger partial charge >= 0.3 is 0 Å². The summed E-state index contributed by atoms with van der Waals surface area (Å²) in [6.07, 6.45) is 1.83. The Labute approximate surface area is 115 Å². The van der Waals surface area contributed by atoms with E-state index in [4.69, 9.17) is 0 Å². The molecule has 0 aliphatic heterocycles. The molecule has 0 saturated heterocycles. The van der Waals surface area contributed by atoms with Crippen molar-refractivity contribution >= 4 is 32.5 Å². The number of hydrogen-bond donors (Lipinski definition) is 1. The molecule has 1 heterocycles. The van der Waals surface area contributed by atoms with Crippen molar-refractivity contribution in [2.24, 2.45) is 0 Å². The molecule has 0 saturated carbocycles. The number of fused-ring (bicyclic) bond motifs is 1. The predicted octanol–water partition coefficient (Wildman–Crippen LogP) is 4.52. The Hall–Kier alpha value is -1.16. The highest BCUT2D eigenvalue weighted by atomic mass is 79.9. The number of nitrogens with one attached hydrogen (secondary N) is 1. The van der Waals surface area contributed by atoms with Crippen LogP contribution in [0.25, 0.3) is 10.9 Å². The molecule has 0 fully saturated rings. The molecule has 18 heavy (non-hydrogen) atoms. The average Bonchev–Trinajstić information content (AvgIpc) is 2.36. The van der Waals surface area contributed by atoms with E-state index < -0.39 is 0 Å². The van der Waals surface area contributed by atoms with E-state index in [0.29, 0.717) is 5.52 Å². The van der Waals surface area contributed by atoms with Crippen LogP contribution in [0, 0.1) is 5.82 Å². The van der Waals surface area contributed by atoms with Crippen LogP contribution < -0.4 is 5.32 Å². The highest BCUT2D eigenvalue weighted by molar-refractivity contribution is 9.10. The molecule has 0 radical (unpaired) electrons. The second-order valence-electron chi connectivity index (χ2n) is 4.23. The zero-order valence-corrected chi connectivity index (χ0v) is 12.1. The van der Waals surface area contributed by atoms with Gasteiger partial charge < -0.3 is 5.32 Å². The zero-order chi connectivity index (χ0) is 13.1. The standard InChI is InChI=1S/C14H16BrFN2/c1-3-5-17-13-8-10(4-2)18-14-11(13)6-9(15)7-12(14)16/h6-8H,3-5H2,1-2H3,(H,17,18). The van der Waals surface area contributed by atoms with E-state index in [1.807, 2.05) is 19.1 Å². The SMILES string of the molecule is CCCNc1cc(CC)nc2c(F)cc(Br)cc12. The van der Waals surface area contributed by atoms with Crippen molar-refractivity contribution in [1.29, 1.82) is 0 Å². The van der Waals surface area contributed by atoms with Crippen molar-refractivity contribution in [3.8, 4) is 0 Å². The molecule has 0 spiro atoms. The van der Waals surface area contributed by atoms with Gasteiger partial charge in [-0.25, -0.2) is 9.37 Å². The quantitative estimate of drug-likeness (QED) is 0.898. The van der Waals surface area contributed by atoms with Crippen molar-refractivity contribution in [1.82, 2.24) is 4.98 Å². The largest absolute Gasteiger partial charge is 0.384 e. The molecule has 1 aromatic heterocycles. The second-order valence-corrected chi connectivity index (χ2v) is 5.14. The molecule has 0 unspecified atom stereocenters. The molecule has 2 rings (SSSR count). The van der Waals surface area contributed by atoms with Gasteiger partial charge in [0.2, 0.25) is 0 Å². The lowest BCUT2D eigenvalue weighted by atomic mass is 10.1. The highest BCUT2D eigenvalue weighted by Gasteiger charge is 2.10. The Morgan fingerprint density at radius 3 is 2.72 bits per heavy atom. The van der Waals surface area contributed by atoms with Crippen LogP contribution in [0.5, 0.6) is 0 Å². The van der Waals surface area contributed by atoms with E-state index >= 15 is 0 Å². The predicted molar refractivity (Wildman–Crippen MR) is 77.6 cm³/mol. The van der Waals surface area contributed by atoms with E-state index in [1.54, 1.807) is 0 Å². The lowest BCUT2D eigenvalue weighted by Gasteiger charge is -2.11. The third-order valence-electron chi connectivity index (χ3n) is 2.81. The van der Waals surface area contributed by atoms with Crippen LogP contribution >= 0.6 is 15.9 Å². The van der Waals surface area contributed by atoms with E-state index in [0.717, 1.165) is 40.6 Å². The van der Waals surface area contributed by atoms with Crippen molar-refractivity contribution in [2.45, 2.75) is 26.7 Å². The van der Waals surface area contributed by atoms with Crippen molar-refractivity contribution in [2.75, 3.05) is 11.9 Å². The van der Waals surface area contributed by atoms with Gasteiger partial charge in [-0.15, -0.1) is 0 Å². The van der Waals surface area contributed by atoms with E-state index in [1.165, 1.54) is 6.07 Å². The summed E-state index contributed by atoms with van der Waals surface area (Å²) in [6.45, 7) is 5.00. The number of rotatable bonds is 4. The first-order valence-electron chi connectivity index (χ1n) is 6.18. The van der Waals surface area contributed by atoms with Crippen molar-refractivity contribution in [3.63, 3.8) is 0 Å². The molecule has 0 bridgehead atoms. The van der Waals surface area contributed by atoms with Gasteiger partial charge in [0.05, 0.1) is 0 Å². The molecule has 2 nitrogen and oxygen atoms in total. The van der Waals surface area contributed by atoms with E-state index in [2.05, 4.69) is 33.2 Å². The smallest absolute Gasteiger partial charge is 0.150 e. The summed E-state index contributed by atoms with van der Waals surface area (Å²) in [6, 6.07) is 5.37. The minimum Gasteiger partial charge on any atom is -0.384 e. The minimum atomic E-state index is -0.283. The maximum absolute atomic E-state index is 13.9. The normalized spacial score (nSPS) is 10.9. The topological polar surface area (TPSA) is 24.9 Å². The van der Waals surface area contributed by atoms with Crippen molar-refractivity contribution in [3.05, 3.63) is 34.2 Å². The maximum atomic E-state index is 13.9. The van der Waals surface area contributed by atoms with Crippen LogP contribution in [0.15, 0.2) is 22.7 Å². The molecular weight excluding hydrogens is 295 g/mol. The molecule has 0 aliphatic rings. The van der Waals surface area contributed by atoms with E-state index in [9.17, 15) is 4.39 Å². The Bertz CT molecular complexity index is 569. The van der Waals surface area contributed by atoms with Crippen molar-refractivity contribution < 1.29 is 4.39 Å². The van der Waals surface area contributed by atoms with Gasteiger partial charge in [0, 0.05) is 27.8 Å². The Balaban J connectivity index is 2.64. The van der Waals surface area contributed by atoms with Gasteiger partial charge in [0.1, 0.15) is 5.52 Å². The Kier molecular flexibility index (Phi) is 4.17. The molecular formula is C14H16BrFN2. The number of halogens is 2. The third-order valence-corrected chi connectivity index (χ3v) is 3.27. The fourth-order valence-corrected chi connectivity index (χ4v) is 2.32. The van der Waals surface area contributed by atoms with E-state index in [-0.39, 0.29) is 5.82 Å². The maximum Gasteiger partial charge on any atom is 0.150 e. The number of hydrogen-bond acceptors (Lipinski definition) is 2. The Morgan fingerprint density at radius 2 is 2.06 bits per heavy atom. The number of aromatic nitrogens is 1. The number of anilines is 1. The number of nitrogens with zero attached hydrogens (tertiary/aromatic N) is 1. The summed E-state index contributed by atoms with van der Waals surface area (Å²) in [4.78, 5) is 4.37. The van der Waals surface area contributed by atoms with Gasteiger partial charge in [-0.05, 0) is 31.0 Å². The summed E-state index contributed by atoms with van der Waals surface area (Å²) in [5, 5.41) is 4.17. The molecule has 1 aromatic carbocycles. The molecule has 96 valence electrons. The van der Waals surface area contributed by atoms with Gasteiger partial charge in [-0.3, -0.25) is 0 Å². The first-order chi connectivity index (χ1) is 8.65. The minimum absolute atomic E-state index is 0.283. The Morgan fingerprint density at radius 1 is 1.28 bits per heavy atom. The fourth-order valence-electron chi connectivity index (χ4n) is 1.89. The van der Waals surface area contributed by atoms with Crippen LogP contribution in [-0.2, 0) is 6.42 Å². The molecule has 1 N–H and O–H groups in total. The zero-order valence-electron chi connectivity index (χ0n) is 10.6. The molecule has 4 heteroatoms. The van der Waals surface area contributed by atoms with Gasteiger partial charge in [-0.1, -0.05) is 29.8 Å². The summed E-state index contributed by atoms with van der Waals surface area (Å²) in [7, 11) is 0. The number of aryl methyl sites for hydroxylation is 1. The average molecular weight is 311 g/mol. The molecule has 0 amide bonds. The van der Waals surface area contributed by atoms with Gasteiger partial charge in [-0.2, -0.15) is 0 Å². The summed E-state index contributed by atoms with van der Waals surface area (Å²) in [5.41, 5.74) is 2.30. The van der Waals surface area contributed by atoms with Crippen LogP contribution in [0.1, 0.15) is 26.0 Å². The summed E-state index contributed by atoms with van der Waals surface area (Å²) in [5.74, 6) is -0.283. The lowest BCUT2D eigenvalue weighted by molar-refractivity contribution is 0.635. The monoisotopic (exact) mass is 310 g/mol. The van der Waals surface area contributed by atoms with Crippen LogP contribution in [0.2, 0.25) is 0 Å². The fraction of sp³-hybridized carbons (Fsp3) is 0.357. The summed E-state index contributed by atoms with van der Waals surface area (Å²) < 4.78 is 14.7. The van der Waals surface area contributed by atoms with Crippen LogP contribution in [0.3, 0.4) is 0 Å². The molecule has 2 aromatic rings. The number of benzene rings is 1. The second kappa shape index (κ2) is 5.65. The van der Waals surface area contributed by atoms with Crippen LogP contribution in [-0.4, -0.2) is 11.5 Å². The summed E-state index contributed by atoms with van der Waals surface area (Å²) >= 11 is 3.33. The van der Waals surface area contributed by atoms with Crippen LogP contribution in [0.4, 0.5) is 10.1 Å². The third kappa shape index (κ3) is 2.64. The van der Waals surface area contributed by atoms with Gasteiger partial charge in [0.15, 0.2) is 5.82 Å². The number of pyridine rings is 1. The lowest BCUT2D eigenvalue weighted by Crippen LogP contribution is -2.03. The molecule has 0 atom stereocenters. The molecule has 0 aliphatic carbocycles.